The van der Waals surface area contributed by atoms with E-state index in [1.165, 1.54) is 4.90 Å². The Morgan fingerprint density at radius 1 is 1.00 bits per heavy atom. The summed E-state index contributed by atoms with van der Waals surface area (Å²) in [5, 5.41) is 9.66. The van der Waals surface area contributed by atoms with Crippen LogP contribution >= 0.6 is 0 Å². The van der Waals surface area contributed by atoms with Crippen LogP contribution in [0.4, 0.5) is 0 Å². The van der Waals surface area contributed by atoms with E-state index in [1.54, 1.807) is 0 Å². The summed E-state index contributed by atoms with van der Waals surface area (Å²) in [5.41, 5.74) is -0.210. The van der Waals surface area contributed by atoms with Crippen molar-refractivity contribution in [2.75, 3.05) is 13.2 Å². The number of hydrogen-bond donors (Lipinski definition) is 1. The molecule has 1 N–H and O–H groups in total. The number of likely N-dealkylation sites (tertiary alicyclic amines) is 1. The van der Waals surface area contributed by atoms with Gasteiger partial charge in [0, 0.05) is 12.0 Å². The monoisotopic (exact) mass is 265 g/mol. The molecule has 0 aromatic carbocycles. The quantitative estimate of drug-likeness (QED) is 0.790. The molecule has 4 heteroatoms. The lowest BCUT2D eigenvalue weighted by Gasteiger charge is -2.30. The number of fused-ring (bicyclic) bond motifs is 1. The van der Waals surface area contributed by atoms with E-state index in [0.717, 1.165) is 51.4 Å². The Kier molecular flexibility index (Phi) is 3.37. The molecule has 2 aliphatic carbocycles. The summed E-state index contributed by atoms with van der Waals surface area (Å²) in [7, 11) is 0. The molecule has 0 spiro atoms. The Bertz CT molecular complexity index is 363. The SMILES string of the molecule is O=C1C2CCCCC2C(=O)N1CC1(CO)CCCC1. The zero-order chi connectivity index (χ0) is 13.5. The minimum Gasteiger partial charge on any atom is -0.396 e. The first kappa shape index (κ1) is 13.1. The standard InChI is InChI=1S/C15H23NO3/c17-10-15(7-3-4-8-15)9-16-13(18)11-5-1-2-6-12(11)14(16)19/h11-12,17H,1-10H2. The van der Waals surface area contributed by atoms with Gasteiger partial charge in [0.2, 0.25) is 11.8 Å². The fraction of sp³-hybridized carbons (Fsp3) is 0.867. The van der Waals surface area contributed by atoms with E-state index in [1.807, 2.05) is 0 Å². The maximum atomic E-state index is 12.4. The summed E-state index contributed by atoms with van der Waals surface area (Å²) in [6, 6.07) is 0. The number of nitrogens with zero attached hydrogens (tertiary/aromatic N) is 1. The number of rotatable bonds is 3. The molecule has 1 saturated heterocycles. The van der Waals surface area contributed by atoms with Crippen LogP contribution in [0, 0.1) is 17.3 Å². The molecule has 2 amide bonds. The minimum absolute atomic E-state index is 0.0365. The normalized spacial score (nSPS) is 33.8. The molecule has 106 valence electrons. The molecule has 3 rings (SSSR count). The van der Waals surface area contributed by atoms with E-state index in [0.29, 0.717) is 6.54 Å². The maximum absolute atomic E-state index is 12.4. The average molecular weight is 265 g/mol. The lowest BCUT2D eigenvalue weighted by molar-refractivity contribution is -0.142. The second kappa shape index (κ2) is 4.89. The van der Waals surface area contributed by atoms with Crippen LogP contribution in [0.25, 0.3) is 0 Å². The number of carbonyl (C=O) groups is 2. The Morgan fingerprint density at radius 2 is 1.53 bits per heavy atom. The molecule has 0 aromatic rings. The largest absolute Gasteiger partial charge is 0.396 e. The van der Waals surface area contributed by atoms with Gasteiger partial charge >= 0.3 is 0 Å². The number of hydrogen-bond acceptors (Lipinski definition) is 3. The zero-order valence-electron chi connectivity index (χ0n) is 11.4. The van der Waals surface area contributed by atoms with Gasteiger partial charge in [0.1, 0.15) is 0 Å². The molecule has 0 aromatic heterocycles. The van der Waals surface area contributed by atoms with Gasteiger partial charge in [-0.1, -0.05) is 25.7 Å². The number of amides is 2. The van der Waals surface area contributed by atoms with Crippen LogP contribution in [0.15, 0.2) is 0 Å². The molecule has 3 aliphatic rings. The zero-order valence-corrected chi connectivity index (χ0v) is 11.4. The number of carbonyl (C=O) groups excluding carboxylic acids is 2. The van der Waals surface area contributed by atoms with Crippen molar-refractivity contribution in [3.05, 3.63) is 0 Å². The van der Waals surface area contributed by atoms with E-state index in [4.69, 9.17) is 0 Å². The maximum Gasteiger partial charge on any atom is 0.233 e. The Hall–Kier alpha value is -0.900. The molecule has 19 heavy (non-hydrogen) atoms. The van der Waals surface area contributed by atoms with Crippen molar-refractivity contribution in [3.63, 3.8) is 0 Å². The summed E-state index contributed by atoms with van der Waals surface area (Å²) >= 11 is 0. The summed E-state index contributed by atoms with van der Waals surface area (Å²) in [4.78, 5) is 26.3. The molecule has 4 nitrogen and oxygen atoms in total. The molecule has 1 aliphatic heterocycles. The first-order chi connectivity index (χ1) is 9.17. The molecule has 0 bridgehead atoms. The highest BCUT2D eigenvalue weighted by Gasteiger charge is 2.50. The van der Waals surface area contributed by atoms with Gasteiger partial charge in [0.25, 0.3) is 0 Å². The van der Waals surface area contributed by atoms with Crippen LogP contribution in [-0.2, 0) is 9.59 Å². The number of imide groups is 1. The molecule has 3 fully saturated rings. The van der Waals surface area contributed by atoms with E-state index >= 15 is 0 Å². The van der Waals surface area contributed by atoms with E-state index in [2.05, 4.69) is 0 Å². The van der Waals surface area contributed by atoms with Crippen molar-refractivity contribution in [3.8, 4) is 0 Å². The van der Waals surface area contributed by atoms with Gasteiger partial charge in [-0.2, -0.15) is 0 Å². The first-order valence-electron chi connectivity index (χ1n) is 7.63. The van der Waals surface area contributed by atoms with Crippen molar-refractivity contribution >= 4 is 11.8 Å². The van der Waals surface area contributed by atoms with Crippen molar-refractivity contribution in [2.24, 2.45) is 17.3 Å². The number of aliphatic hydroxyl groups excluding tert-OH is 1. The highest BCUT2D eigenvalue weighted by Crippen LogP contribution is 2.43. The molecule has 2 atom stereocenters. The van der Waals surface area contributed by atoms with Crippen molar-refractivity contribution in [1.82, 2.24) is 4.90 Å². The van der Waals surface area contributed by atoms with E-state index in [9.17, 15) is 14.7 Å². The van der Waals surface area contributed by atoms with Crippen LogP contribution in [-0.4, -0.2) is 35.0 Å². The molecule has 2 saturated carbocycles. The van der Waals surface area contributed by atoms with Crippen LogP contribution in [0.2, 0.25) is 0 Å². The summed E-state index contributed by atoms with van der Waals surface area (Å²) in [6.07, 6.45) is 7.97. The Morgan fingerprint density at radius 3 is 2.00 bits per heavy atom. The third-order valence-electron chi connectivity index (χ3n) is 5.43. The summed E-state index contributed by atoms with van der Waals surface area (Å²) < 4.78 is 0. The smallest absolute Gasteiger partial charge is 0.233 e. The lowest BCUT2D eigenvalue weighted by Crippen LogP contribution is -2.42. The molecular weight excluding hydrogens is 242 g/mol. The van der Waals surface area contributed by atoms with Crippen molar-refractivity contribution in [2.45, 2.75) is 51.4 Å². The topological polar surface area (TPSA) is 57.6 Å². The Labute approximate surface area is 114 Å². The van der Waals surface area contributed by atoms with Crippen LogP contribution < -0.4 is 0 Å². The molecular formula is C15H23NO3. The number of aliphatic hydroxyl groups is 1. The first-order valence-corrected chi connectivity index (χ1v) is 7.63. The van der Waals surface area contributed by atoms with Gasteiger partial charge in [-0.3, -0.25) is 14.5 Å². The van der Waals surface area contributed by atoms with E-state index in [-0.39, 0.29) is 35.7 Å². The molecule has 1 heterocycles. The van der Waals surface area contributed by atoms with Gasteiger partial charge in [-0.05, 0) is 25.7 Å². The third kappa shape index (κ3) is 2.10. The third-order valence-corrected chi connectivity index (χ3v) is 5.43. The summed E-state index contributed by atoms with van der Waals surface area (Å²) in [6.45, 7) is 0.549. The second-order valence-electron chi connectivity index (χ2n) is 6.63. The van der Waals surface area contributed by atoms with Crippen molar-refractivity contribution < 1.29 is 14.7 Å². The fourth-order valence-electron chi connectivity index (χ4n) is 4.21. The Balaban J connectivity index is 1.77. The summed E-state index contributed by atoms with van der Waals surface area (Å²) in [5.74, 6) is -0.0411. The van der Waals surface area contributed by atoms with E-state index < -0.39 is 0 Å². The van der Waals surface area contributed by atoms with Crippen LogP contribution in [0.3, 0.4) is 0 Å². The average Bonchev–Trinajstić information content (AvgIpc) is 3.00. The van der Waals surface area contributed by atoms with Gasteiger partial charge in [-0.25, -0.2) is 0 Å². The van der Waals surface area contributed by atoms with Crippen LogP contribution in [0.1, 0.15) is 51.4 Å². The van der Waals surface area contributed by atoms with Gasteiger partial charge in [0.15, 0.2) is 0 Å². The minimum atomic E-state index is -0.210. The highest BCUT2D eigenvalue weighted by molar-refractivity contribution is 6.05. The van der Waals surface area contributed by atoms with Crippen LogP contribution in [0.5, 0.6) is 0 Å². The predicted molar refractivity (Wildman–Crippen MR) is 70.2 cm³/mol. The predicted octanol–water partition coefficient (Wildman–Crippen LogP) is 1.71. The van der Waals surface area contributed by atoms with Gasteiger partial charge < -0.3 is 5.11 Å². The van der Waals surface area contributed by atoms with Gasteiger partial charge in [-0.15, -0.1) is 0 Å². The lowest BCUT2D eigenvalue weighted by atomic mass is 9.81. The molecule has 0 radical (unpaired) electrons. The highest BCUT2D eigenvalue weighted by atomic mass is 16.3. The van der Waals surface area contributed by atoms with Crippen molar-refractivity contribution in [1.29, 1.82) is 0 Å². The fourth-order valence-corrected chi connectivity index (χ4v) is 4.21. The second-order valence-corrected chi connectivity index (χ2v) is 6.63. The van der Waals surface area contributed by atoms with Gasteiger partial charge in [0.05, 0.1) is 18.4 Å². The molecule has 2 unspecified atom stereocenters.